The second-order valence-corrected chi connectivity index (χ2v) is 4.45. The van der Waals surface area contributed by atoms with E-state index in [4.69, 9.17) is 16.3 Å². The standard InChI is InChI=1S/C12H15ClFNO/c1-16-7-9-10(13)5-8(6-11(9)14)12-3-2-4-15-12/h5-6,12,15H,2-4,7H2,1H3. The molecule has 1 N–H and O–H groups in total. The highest BCUT2D eigenvalue weighted by Crippen LogP contribution is 2.29. The van der Waals surface area contributed by atoms with Crippen LogP contribution in [0.5, 0.6) is 0 Å². The van der Waals surface area contributed by atoms with Gasteiger partial charge in [0.05, 0.1) is 6.61 Å². The van der Waals surface area contributed by atoms with Gasteiger partial charge >= 0.3 is 0 Å². The number of hydrogen-bond donors (Lipinski definition) is 1. The molecule has 1 aromatic rings. The van der Waals surface area contributed by atoms with Crippen LogP contribution in [0.3, 0.4) is 0 Å². The minimum atomic E-state index is -0.280. The summed E-state index contributed by atoms with van der Waals surface area (Å²) in [7, 11) is 1.53. The van der Waals surface area contributed by atoms with Crippen LogP contribution < -0.4 is 5.32 Å². The van der Waals surface area contributed by atoms with E-state index in [1.807, 2.05) is 6.07 Å². The van der Waals surface area contributed by atoms with E-state index in [2.05, 4.69) is 5.32 Å². The number of methoxy groups -OCH3 is 1. The third kappa shape index (κ3) is 2.37. The third-order valence-corrected chi connectivity index (χ3v) is 3.25. The summed E-state index contributed by atoms with van der Waals surface area (Å²) in [6, 6.07) is 3.63. The van der Waals surface area contributed by atoms with Gasteiger partial charge in [0.25, 0.3) is 0 Å². The molecule has 1 saturated heterocycles. The summed E-state index contributed by atoms with van der Waals surface area (Å²) >= 11 is 6.04. The van der Waals surface area contributed by atoms with Crippen LogP contribution in [0.15, 0.2) is 12.1 Å². The van der Waals surface area contributed by atoms with E-state index >= 15 is 0 Å². The molecule has 2 rings (SSSR count). The Morgan fingerprint density at radius 1 is 1.56 bits per heavy atom. The zero-order valence-electron chi connectivity index (χ0n) is 9.22. The minimum absolute atomic E-state index is 0.211. The van der Waals surface area contributed by atoms with Crippen LogP contribution in [0.1, 0.15) is 30.0 Å². The first kappa shape index (κ1) is 11.8. The van der Waals surface area contributed by atoms with Crippen LogP contribution in [0.2, 0.25) is 5.02 Å². The zero-order valence-corrected chi connectivity index (χ0v) is 9.98. The van der Waals surface area contributed by atoms with Gasteiger partial charge in [-0.15, -0.1) is 0 Å². The van der Waals surface area contributed by atoms with Gasteiger partial charge < -0.3 is 10.1 Å². The van der Waals surface area contributed by atoms with Crippen LogP contribution >= 0.6 is 11.6 Å². The summed E-state index contributed by atoms with van der Waals surface area (Å²) in [5.74, 6) is -0.280. The van der Waals surface area contributed by atoms with Crippen LogP contribution in [0.4, 0.5) is 4.39 Å². The normalized spacial score (nSPS) is 20.3. The molecule has 4 heteroatoms. The Morgan fingerprint density at radius 2 is 2.38 bits per heavy atom. The van der Waals surface area contributed by atoms with Crippen molar-refractivity contribution in [2.24, 2.45) is 0 Å². The first-order chi connectivity index (χ1) is 7.72. The van der Waals surface area contributed by atoms with Crippen LogP contribution in [-0.4, -0.2) is 13.7 Å². The molecule has 16 heavy (non-hydrogen) atoms. The molecular weight excluding hydrogens is 229 g/mol. The van der Waals surface area contributed by atoms with E-state index in [-0.39, 0.29) is 18.5 Å². The number of hydrogen-bond acceptors (Lipinski definition) is 2. The molecular formula is C12H15ClFNO. The minimum Gasteiger partial charge on any atom is -0.380 e. The number of rotatable bonds is 3. The summed E-state index contributed by atoms with van der Waals surface area (Å²) in [6.45, 7) is 1.20. The van der Waals surface area contributed by atoms with Gasteiger partial charge in [-0.05, 0) is 37.1 Å². The van der Waals surface area contributed by atoms with Crippen molar-refractivity contribution in [2.45, 2.75) is 25.5 Å². The Labute approximate surface area is 99.7 Å². The molecule has 0 radical (unpaired) electrons. The Bertz CT molecular complexity index is 354. The maximum Gasteiger partial charge on any atom is 0.130 e. The molecule has 1 heterocycles. The highest BCUT2D eigenvalue weighted by Gasteiger charge is 2.19. The average Bonchev–Trinajstić information content (AvgIpc) is 2.76. The molecule has 0 bridgehead atoms. The Balaban J connectivity index is 2.28. The second-order valence-electron chi connectivity index (χ2n) is 4.05. The van der Waals surface area contributed by atoms with Gasteiger partial charge in [-0.2, -0.15) is 0 Å². The summed E-state index contributed by atoms with van der Waals surface area (Å²) in [4.78, 5) is 0. The summed E-state index contributed by atoms with van der Waals surface area (Å²) in [5.41, 5.74) is 1.37. The molecule has 88 valence electrons. The molecule has 2 nitrogen and oxygen atoms in total. The molecule has 1 atom stereocenters. The van der Waals surface area contributed by atoms with Crippen molar-refractivity contribution in [3.63, 3.8) is 0 Å². The van der Waals surface area contributed by atoms with Crippen molar-refractivity contribution in [1.82, 2.24) is 5.32 Å². The number of ether oxygens (including phenoxy) is 1. The summed E-state index contributed by atoms with van der Waals surface area (Å²) in [5, 5.41) is 3.77. The monoisotopic (exact) mass is 243 g/mol. The van der Waals surface area contributed by atoms with Gasteiger partial charge in [-0.25, -0.2) is 4.39 Å². The van der Waals surface area contributed by atoms with Crippen molar-refractivity contribution in [3.05, 3.63) is 34.1 Å². The largest absolute Gasteiger partial charge is 0.380 e. The molecule has 0 amide bonds. The second kappa shape index (κ2) is 5.13. The van der Waals surface area contributed by atoms with Gasteiger partial charge in [0.1, 0.15) is 5.82 Å². The van der Waals surface area contributed by atoms with E-state index in [0.717, 1.165) is 24.9 Å². The lowest BCUT2D eigenvalue weighted by atomic mass is 10.0. The first-order valence-electron chi connectivity index (χ1n) is 5.42. The highest BCUT2D eigenvalue weighted by atomic mass is 35.5. The van der Waals surface area contributed by atoms with Gasteiger partial charge in [-0.1, -0.05) is 11.6 Å². The van der Waals surface area contributed by atoms with Gasteiger partial charge in [-0.3, -0.25) is 0 Å². The van der Waals surface area contributed by atoms with Gasteiger partial charge in [0.2, 0.25) is 0 Å². The fraction of sp³-hybridized carbons (Fsp3) is 0.500. The topological polar surface area (TPSA) is 21.3 Å². The smallest absolute Gasteiger partial charge is 0.130 e. The van der Waals surface area contributed by atoms with Gasteiger partial charge in [0.15, 0.2) is 0 Å². The Hall–Kier alpha value is -0.640. The molecule has 0 aliphatic carbocycles. The molecule has 1 aliphatic heterocycles. The molecule has 0 spiro atoms. The van der Waals surface area contributed by atoms with Crippen molar-refractivity contribution < 1.29 is 9.13 Å². The van der Waals surface area contributed by atoms with E-state index in [9.17, 15) is 4.39 Å². The van der Waals surface area contributed by atoms with E-state index in [1.165, 1.54) is 7.11 Å². The van der Waals surface area contributed by atoms with Crippen LogP contribution in [0, 0.1) is 5.82 Å². The van der Waals surface area contributed by atoms with E-state index < -0.39 is 0 Å². The Kier molecular flexibility index (Phi) is 3.79. The summed E-state index contributed by atoms with van der Waals surface area (Å²) in [6.07, 6.45) is 2.17. The third-order valence-electron chi connectivity index (χ3n) is 2.91. The molecule has 1 aliphatic rings. The predicted octanol–water partition coefficient (Wildman–Crippen LogP) is 3.05. The maximum absolute atomic E-state index is 13.8. The number of nitrogens with one attached hydrogen (secondary N) is 1. The van der Waals surface area contributed by atoms with Crippen LogP contribution in [0.25, 0.3) is 0 Å². The highest BCUT2D eigenvalue weighted by molar-refractivity contribution is 6.31. The van der Waals surface area contributed by atoms with E-state index in [1.54, 1.807) is 6.07 Å². The average molecular weight is 244 g/mol. The molecule has 0 saturated carbocycles. The van der Waals surface area contributed by atoms with Gasteiger partial charge in [0, 0.05) is 23.7 Å². The maximum atomic E-state index is 13.8. The lowest BCUT2D eigenvalue weighted by Crippen LogP contribution is -2.13. The van der Waals surface area contributed by atoms with Crippen molar-refractivity contribution >= 4 is 11.6 Å². The Morgan fingerprint density at radius 3 is 2.94 bits per heavy atom. The van der Waals surface area contributed by atoms with Crippen molar-refractivity contribution in [1.29, 1.82) is 0 Å². The summed E-state index contributed by atoms with van der Waals surface area (Å²) < 4.78 is 18.7. The predicted molar refractivity (Wildman–Crippen MR) is 62.1 cm³/mol. The molecule has 1 unspecified atom stereocenters. The van der Waals surface area contributed by atoms with Crippen LogP contribution in [-0.2, 0) is 11.3 Å². The zero-order chi connectivity index (χ0) is 11.5. The quantitative estimate of drug-likeness (QED) is 0.881. The first-order valence-corrected chi connectivity index (χ1v) is 5.80. The number of halogens is 2. The molecule has 0 aromatic heterocycles. The van der Waals surface area contributed by atoms with Crippen molar-refractivity contribution in [3.8, 4) is 0 Å². The van der Waals surface area contributed by atoms with Crippen molar-refractivity contribution in [2.75, 3.05) is 13.7 Å². The fourth-order valence-electron chi connectivity index (χ4n) is 2.08. The SMILES string of the molecule is COCc1c(F)cc(C2CCCN2)cc1Cl. The lowest BCUT2D eigenvalue weighted by Gasteiger charge is -2.13. The number of benzene rings is 1. The molecule has 1 aromatic carbocycles. The van der Waals surface area contributed by atoms with E-state index in [0.29, 0.717) is 10.6 Å². The lowest BCUT2D eigenvalue weighted by molar-refractivity contribution is 0.181. The molecule has 1 fully saturated rings. The fourth-order valence-corrected chi connectivity index (χ4v) is 2.35.